The Hall–Kier alpha value is -1.30. The van der Waals surface area contributed by atoms with Crippen molar-refractivity contribution in [1.82, 2.24) is 10.7 Å². The van der Waals surface area contributed by atoms with E-state index in [0.717, 1.165) is 0 Å². The highest BCUT2D eigenvalue weighted by molar-refractivity contribution is 5.85. The Morgan fingerprint density at radius 3 is 2.06 bits per heavy atom. The first-order valence-corrected chi connectivity index (χ1v) is 5.17. The molecule has 0 saturated heterocycles. The first-order chi connectivity index (χ1) is 7.17. The Morgan fingerprint density at radius 1 is 1.25 bits per heavy atom. The van der Waals surface area contributed by atoms with Crippen molar-refractivity contribution >= 4 is 12.0 Å². The molecule has 16 heavy (non-hydrogen) atoms. The molecule has 0 aliphatic rings. The number of alkyl carbamates (subject to hydrolysis) is 1. The molecule has 6 nitrogen and oxygen atoms in total. The lowest BCUT2D eigenvalue weighted by Crippen LogP contribution is -2.52. The number of hydrazine groups is 1. The largest absolute Gasteiger partial charge is 0.444 e. The van der Waals surface area contributed by atoms with Crippen LogP contribution in [0.1, 0.15) is 34.6 Å². The number of hydrogen-bond donors (Lipinski definition) is 3. The molecule has 0 bridgehead atoms. The summed E-state index contributed by atoms with van der Waals surface area (Å²) in [5, 5.41) is 2.47. The number of carbonyl (C=O) groups is 2. The molecule has 0 heterocycles. The van der Waals surface area contributed by atoms with Crippen LogP contribution in [0.5, 0.6) is 0 Å². The van der Waals surface area contributed by atoms with Crippen molar-refractivity contribution in [2.24, 2.45) is 11.8 Å². The number of nitrogens with two attached hydrogens (primary N) is 1. The first kappa shape index (κ1) is 14.7. The van der Waals surface area contributed by atoms with Crippen molar-refractivity contribution in [2.45, 2.75) is 46.3 Å². The molecule has 0 aliphatic heterocycles. The summed E-state index contributed by atoms with van der Waals surface area (Å²) in [6, 6.07) is -0.695. The maximum atomic E-state index is 11.4. The van der Waals surface area contributed by atoms with Gasteiger partial charge in [0, 0.05) is 0 Å². The number of rotatable bonds is 3. The summed E-state index contributed by atoms with van der Waals surface area (Å²) in [5.74, 6) is 4.51. The highest BCUT2D eigenvalue weighted by Gasteiger charge is 2.26. The van der Waals surface area contributed by atoms with Crippen LogP contribution >= 0.6 is 0 Å². The van der Waals surface area contributed by atoms with Crippen LogP contribution in [-0.2, 0) is 9.53 Å². The monoisotopic (exact) mass is 231 g/mol. The second kappa shape index (κ2) is 5.69. The Kier molecular flexibility index (Phi) is 5.23. The zero-order chi connectivity index (χ0) is 12.9. The lowest BCUT2D eigenvalue weighted by Gasteiger charge is -2.24. The zero-order valence-electron chi connectivity index (χ0n) is 10.5. The Bertz CT molecular complexity index is 259. The maximum Gasteiger partial charge on any atom is 0.408 e. The first-order valence-electron chi connectivity index (χ1n) is 5.17. The summed E-state index contributed by atoms with van der Waals surface area (Å²) in [5.41, 5.74) is 1.41. The molecule has 0 aliphatic carbocycles. The number of amides is 2. The summed E-state index contributed by atoms with van der Waals surface area (Å²) >= 11 is 0. The van der Waals surface area contributed by atoms with Crippen molar-refractivity contribution in [3.63, 3.8) is 0 Å². The molecule has 0 spiro atoms. The number of carbonyl (C=O) groups excluding carboxylic acids is 2. The number of ether oxygens (including phenoxy) is 1. The Balaban J connectivity index is 4.42. The van der Waals surface area contributed by atoms with Crippen LogP contribution in [0.25, 0.3) is 0 Å². The predicted octanol–water partition coefficient (Wildman–Crippen LogP) is 0.526. The van der Waals surface area contributed by atoms with Crippen molar-refractivity contribution in [3.8, 4) is 0 Å². The molecular formula is C10H21N3O3. The van der Waals surface area contributed by atoms with Crippen LogP contribution in [-0.4, -0.2) is 23.6 Å². The zero-order valence-corrected chi connectivity index (χ0v) is 10.5. The minimum Gasteiger partial charge on any atom is -0.444 e. The van der Waals surface area contributed by atoms with Gasteiger partial charge in [-0.3, -0.25) is 10.2 Å². The van der Waals surface area contributed by atoms with Gasteiger partial charge in [0.2, 0.25) is 0 Å². The van der Waals surface area contributed by atoms with Crippen LogP contribution in [0.4, 0.5) is 4.79 Å². The van der Waals surface area contributed by atoms with E-state index in [0.29, 0.717) is 0 Å². The molecule has 94 valence electrons. The summed E-state index contributed by atoms with van der Waals surface area (Å²) in [4.78, 5) is 22.8. The van der Waals surface area contributed by atoms with Crippen molar-refractivity contribution in [1.29, 1.82) is 0 Å². The van der Waals surface area contributed by atoms with Crippen LogP contribution in [0.2, 0.25) is 0 Å². The molecule has 0 fully saturated rings. The predicted molar refractivity (Wildman–Crippen MR) is 60.3 cm³/mol. The Labute approximate surface area is 95.9 Å². The quantitative estimate of drug-likeness (QED) is 0.375. The molecule has 0 unspecified atom stereocenters. The van der Waals surface area contributed by atoms with Crippen molar-refractivity contribution < 1.29 is 14.3 Å². The molecule has 6 heteroatoms. The van der Waals surface area contributed by atoms with Gasteiger partial charge in [-0.05, 0) is 26.7 Å². The number of hydrogen-bond acceptors (Lipinski definition) is 4. The maximum absolute atomic E-state index is 11.4. The fourth-order valence-electron chi connectivity index (χ4n) is 1.06. The van der Waals surface area contributed by atoms with E-state index in [1.807, 2.05) is 5.43 Å². The van der Waals surface area contributed by atoms with Gasteiger partial charge in [0.25, 0.3) is 5.91 Å². The fourth-order valence-corrected chi connectivity index (χ4v) is 1.06. The minimum atomic E-state index is -0.695. The van der Waals surface area contributed by atoms with Gasteiger partial charge < -0.3 is 10.1 Å². The van der Waals surface area contributed by atoms with E-state index < -0.39 is 23.6 Å². The molecule has 0 rings (SSSR count). The highest BCUT2D eigenvalue weighted by Crippen LogP contribution is 2.08. The molecule has 4 N–H and O–H groups in total. The van der Waals surface area contributed by atoms with Crippen molar-refractivity contribution in [3.05, 3.63) is 0 Å². The van der Waals surface area contributed by atoms with Gasteiger partial charge in [-0.2, -0.15) is 0 Å². The smallest absolute Gasteiger partial charge is 0.408 e. The lowest BCUT2D eigenvalue weighted by atomic mass is 10.0. The van der Waals surface area contributed by atoms with Gasteiger partial charge >= 0.3 is 6.09 Å². The number of nitrogens with one attached hydrogen (secondary N) is 2. The molecule has 1 atom stereocenters. The fraction of sp³-hybridized carbons (Fsp3) is 0.800. The van der Waals surface area contributed by atoms with Crippen LogP contribution in [0.15, 0.2) is 0 Å². The van der Waals surface area contributed by atoms with Gasteiger partial charge in [-0.25, -0.2) is 10.6 Å². The third-order valence-corrected chi connectivity index (χ3v) is 1.76. The van der Waals surface area contributed by atoms with E-state index in [-0.39, 0.29) is 5.92 Å². The van der Waals surface area contributed by atoms with E-state index in [1.165, 1.54) is 0 Å². The van der Waals surface area contributed by atoms with Gasteiger partial charge in [0.05, 0.1) is 0 Å². The van der Waals surface area contributed by atoms with Gasteiger partial charge in [0.1, 0.15) is 11.6 Å². The molecule has 0 radical (unpaired) electrons. The van der Waals surface area contributed by atoms with Crippen LogP contribution < -0.4 is 16.6 Å². The van der Waals surface area contributed by atoms with Crippen LogP contribution in [0, 0.1) is 5.92 Å². The molecule has 2 amide bonds. The summed E-state index contributed by atoms with van der Waals surface area (Å²) in [6.45, 7) is 8.86. The van der Waals surface area contributed by atoms with Crippen LogP contribution in [0.3, 0.4) is 0 Å². The SMILES string of the molecule is CC(C)[C@H](NC(=O)OC(C)(C)C)C(=O)NN. The average Bonchev–Trinajstić information content (AvgIpc) is 2.09. The standard InChI is InChI=1S/C10H21N3O3/c1-6(2)7(8(14)13-11)12-9(15)16-10(3,4)5/h6-7H,11H2,1-5H3,(H,12,15)(H,13,14)/t7-/m0/s1. The minimum absolute atomic E-state index is 0.0731. The Morgan fingerprint density at radius 2 is 1.75 bits per heavy atom. The van der Waals surface area contributed by atoms with E-state index in [9.17, 15) is 9.59 Å². The van der Waals surface area contributed by atoms with E-state index in [2.05, 4.69) is 5.32 Å². The lowest BCUT2D eigenvalue weighted by molar-refractivity contribution is -0.124. The highest BCUT2D eigenvalue weighted by atomic mass is 16.6. The second-order valence-electron chi connectivity index (χ2n) is 4.88. The van der Waals surface area contributed by atoms with Gasteiger partial charge in [0.15, 0.2) is 0 Å². The molecule has 0 aromatic carbocycles. The molecular weight excluding hydrogens is 210 g/mol. The topological polar surface area (TPSA) is 93.4 Å². The van der Waals surface area contributed by atoms with E-state index in [4.69, 9.17) is 10.6 Å². The molecule has 0 aromatic rings. The molecule has 0 saturated carbocycles. The third kappa shape index (κ3) is 5.55. The van der Waals surface area contributed by atoms with E-state index >= 15 is 0 Å². The second-order valence-corrected chi connectivity index (χ2v) is 4.88. The summed E-state index contributed by atoms with van der Waals surface area (Å²) < 4.78 is 5.04. The average molecular weight is 231 g/mol. The summed E-state index contributed by atoms with van der Waals surface area (Å²) in [6.07, 6.45) is -0.630. The molecule has 0 aromatic heterocycles. The third-order valence-electron chi connectivity index (χ3n) is 1.76. The van der Waals surface area contributed by atoms with Gasteiger partial charge in [-0.1, -0.05) is 13.8 Å². The van der Waals surface area contributed by atoms with Crippen molar-refractivity contribution in [2.75, 3.05) is 0 Å². The normalized spacial score (nSPS) is 13.2. The van der Waals surface area contributed by atoms with Gasteiger partial charge in [-0.15, -0.1) is 0 Å². The summed E-state index contributed by atoms with van der Waals surface area (Å²) in [7, 11) is 0. The van der Waals surface area contributed by atoms with E-state index in [1.54, 1.807) is 34.6 Å².